The number of ether oxygens (including phenoxy) is 7. The van der Waals surface area contributed by atoms with Gasteiger partial charge in [-0.05, 0) is 186 Å². The number of allylic oxidation sites excluding steroid dienone is 2. The van der Waals surface area contributed by atoms with Crippen LogP contribution in [0.5, 0.6) is 23.0 Å². The van der Waals surface area contributed by atoms with E-state index in [4.69, 9.17) is 78.5 Å². The Bertz CT molecular complexity index is 5280. The summed E-state index contributed by atoms with van der Waals surface area (Å²) in [4.78, 5) is 128. The molecule has 34 nitrogen and oxygen atoms in total. The Morgan fingerprint density at radius 3 is 1.02 bits per heavy atom. The van der Waals surface area contributed by atoms with E-state index in [1.165, 1.54) is 26.0 Å². The van der Waals surface area contributed by atoms with Gasteiger partial charge in [0.25, 0.3) is 0 Å². The second-order valence-corrected chi connectivity index (χ2v) is 36.4. The number of aromatic nitrogens is 8. The zero-order valence-electron chi connectivity index (χ0n) is 85.1. The molecule has 0 fully saturated rings. The van der Waals surface area contributed by atoms with E-state index in [1.54, 1.807) is 47.5 Å². The first-order valence-electron chi connectivity index (χ1n) is 46.5. The molecular formula is C103H148ClKN16O18. The SMILES string of the molecule is CCCC[C@@H](CC(=O)O)Nc1nc(N)nc(CCC(=O)O)c1Cc1ccccc1OC.CCCC[C@@H](CC(=O)OC(C)(C)C)Nc1nc(N)nc(/C=C/C(C)=O)c1Cc1ccccc1OC.CCCC[C@@H](CC(=O)OC(C)(C)C)Nc1nc(N)nc(CCC(C)=O)c1Cc1ccccc1OC.CCCC[C@H](N)CC(=O)OC(C)(C)C.COc1ccccc1Cc1c(Cl)nc(N)nc1/C=C/C(C)=O.[K+].[OH-]. The number of carbonyl (C=O) groups is 8. The number of carbonyl (C=O) groups excluding carboxylic acids is 6. The van der Waals surface area contributed by atoms with Gasteiger partial charge in [0.2, 0.25) is 23.8 Å². The summed E-state index contributed by atoms with van der Waals surface area (Å²) in [6, 6.07) is 29.8. The fourth-order valence-electron chi connectivity index (χ4n) is 14.1. The van der Waals surface area contributed by atoms with Gasteiger partial charge in [0.15, 0.2) is 11.6 Å². The van der Waals surface area contributed by atoms with Crippen molar-refractivity contribution >= 4 is 112 Å². The minimum absolute atomic E-state index is 0. The zero-order chi connectivity index (χ0) is 102. The van der Waals surface area contributed by atoms with Crippen molar-refractivity contribution in [3.63, 3.8) is 0 Å². The number of carboxylic acids is 2. The number of carboxylic acid groups (broad SMARTS) is 2. The Morgan fingerprint density at radius 1 is 0.403 bits per heavy atom. The van der Waals surface area contributed by atoms with Crippen LogP contribution < -0.4 is 115 Å². The van der Waals surface area contributed by atoms with Crippen LogP contribution >= 0.6 is 11.6 Å². The van der Waals surface area contributed by atoms with Gasteiger partial charge in [-0.15, -0.1) is 0 Å². The third-order valence-corrected chi connectivity index (χ3v) is 20.7. The number of halogens is 1. The van der Waals surface area contributed by atoms with E-state index in [0.29, 0.717) is 108 Å². The number of aryl methyl sites for hydroxylation is 2. The molecule has 0 aliphatic carbocycles. The Labute approximate surface area is 867 Å². The van der Waals surface area contributed by atoms with E-state index in [9.17, 15) is 43.5 Å². The van der Waals surface area contributed by atoms with E-state index in [0.717, 1.165) is 121 Å². The molecule has 0 radical (unpaired) electrons. The van der Waals surface area contributed by atoms with Gasteiger partial charge >= 0.3 is 81.2 Å². The number of rotatable bonds is 48. The van der Waals surface area contributed by atoms with Gasteiger partial charge in [0, 0.05) is 84.9 Å². The van der Waals surface area contributed by atoms with Crippen molar-refractivity contribution in [3.8, 4) is 23.0 Å². The van der Waals surface area contributed by atoms with Gasteiger partial charge in [-0.2, -0.15) is 15.0 Å². The van der Waals surface area contributed by atoms with E-state index >= 15 is 0 Å². The number of anilines is 7. The fraction of sp³-hybridized carbons (Fsp3) is 0.495. The summed E-state index contributed by atoms with van der Waals surface area (Å²) in [5.41, 5.74) is 36.9. The van der Waals surface area contributed by atoms with Crippen LogP contribution in [-0.4, -0.2) is 172 Å². The molecule has 0 spiro atoms. The molecular weight excluding hydrogens is 1820 g/mol. The maximum atomic E-state index is 12.6. The Hall–Kier alpha value is -11.3. The van der Waals surface area contributed by atoms with E-state index in [-0.39, 0.29) is 177 Å². The molecule has 0 saturated heterocycles. The molecule has 0 amide bonds. The molecule has 4 heterocycles. The number of benzene rings is 4. The van der Waals surface area contributed by atoms with Crippen LogP contribution in [0.1, 0.15) is 294 Å². The number of nitrogen functional groups attached to an aromatic ring is 4. The first kappa shape index (κ1) is 124. The maximum absolute atomic E-state index is 12.6. The van der Waals surface area contributed by atoms with Gasteiger partial charge in [-0.3, -0.25) is 33.6 Å². The second-order valence-electron chi connectivity index (χ2n) is 36.0. The van der Waals surface area contributed by atoms with E-state index in [2.05, 4.69) is 76.6 Å². The van der Waals surface area contributed by atoms with Crippen molar-refractivity contribution < 1.29 is 139 Å². The minimum atomic E-state index is -0.943. The van der Waals surface area contributed by atoms with Crippen LogP contribution in [0.25, 0.3) is 12.2 Å². The summed E-state index contributed by atoms with van der Waals surface area (Å²) in [5.74, 6) is 2.01. The molecule has 0 aliphatic rings. The number of para-hydroxylation sites is 4. The maximum Gasteiger partial charge on any atom is 1.00 e. The minimum Gasteiger partial charge on any atom is -0.870 e. The number of unbranched alkanes of at least 4 members (excludes halogenated alkanes) is 4. The van der Waals surface area contributed by atoms with Gasteiger partial charge in [-0.1, -0.05) is 163 Å². The van der Waals surface area contributed by atoms with Crippen molar-refractivity contribution in [3.05, 3.63) is 182 Å². The molecule has 0 bridgehead atoms. The molecule has 4 aromatic carbocycles. The molecule has 0 saturated carbocycles. The average Bonchev–Trinajstić information content (AvgIpc) is 0.816. The number of nitrogens with two attached hydrogens (primary N) is 5. The predicted molar refractivity (Wildman–Crippen MR) is 542 cm³/mol. The second kappa shape index (κ2) is 64.1. The topological polar surface area (TPSA) is 541 Å². The van der Waals surface area contributed by atoms with Gasteiger partial charge in [0.1, 0.15) is 68.2 Å². The first-order chi connectivity index (χ1) is 64.7. The number of ketones is 3. The fourth-order valence-corrected chi connectivity index (χ4v) is 14.3. The number of Topliss-reactive ketones (excluding diaryl/α,β-unsaturated/α-hetero) is 1. The van der Waals surface area contributed by atoms with Crippen molar-refractivity contribution in [2.24, 2.45) is 5.73 Å². The van der Waals surface area contributed by atoms with Crippen LogP contribution in [0.3, 0.4) is 0 Å². The number of hydrogen-bond donors (Lipinski definition) is 10. The Morgan fingerprint density at radius 2 is 0.698 bits per heavy atom. The van der Waals surface area contributed by atoms with Crippen LogP contribution in [0, 0.1) is 0 Å². The summed E-state index contributed by atoms with van der Waals surface area (Å²) >= 11 is 6.20. The van der Waals surface area contributed by atoms with Crippen molar-refractivity contribution in [1.29, 1.82) is 0 Å². The molecule has 139 heavy (non-hydrogen) atoms. The molecule has 756 valence electrons. The quantitative estimate of drug-likeness (QED) is 0.00556. The van der Waals surface area contributed by atoms with Gasteiger partial charge in [-0.25, -0.2) is 24.9 Å². The predicted octanol–water partition coefficient (Wildman–Crippen LogP) is 14.9. The van der Waals surface area contributed by atoms with Crippen LogP contribution in [-0.2, 0) is 91.1 Å². The zero-order valence-corrected chi connectivity index (χ0v) is 89.0. The summed E-state index contributed by atoms with van der Waals surface area (Å²) < 4.78 is 38.2. The average molecular weight is 1970 g/mol. The molecule has 4 aromatic heterocycles. The van der Waals surface area contributed by atoms with Gasteiger partial charge in [0.05, 0.1) is 83.3 Å². The van der Waals surface area contributed by atoms with E-state index in [1.807, 2.05) is 166 Å². The number of hydrogen-bond acceptors (Lipinski definition) is 32. The van der Waals surface area contributed by atoms with Crippen LogP contribution in [0.2, 0.25) is 5.15 Å². The molecule has 16 N–H and O–H groups in total. The number of nitrogens with zero attached hydrogens (tertiary/aromatic N) is 8. The van der Waals surface area contributed by atoms with E-state index < -0.39 is 28.7 Å². The van der Waals surface area contributed by atoms with Crippen molar-refractivity contribution in [2.75, 3.05) is 67.3 Å². The number of aliphatic carboxylic acids is 2. The molecule has 4 atom stereocenters. The van der Waals surface area contributed by atoms with Gasteiger partial charge < -0.3 is 98.3 Å². The summed E-state index contributed by atoms with van der Waals surface area (Å²) in [6.45, 7) is 29.6. The van der Waals surface area contributed by atoms with Crippen LogP contribution in [0.15, 0.2) is 109 Å². The number of nitrogens with one attached hydrogen (secondary N) is 3. The summed E-state index contributed by atoms with van der Waals surface area (Å²) in [6.07, 6.45) is 20.4. The molecule has 0 aliphatic heterocycles. The third kappa shape index (κ3) is 49.4. The normalized spacial score (nSPS) is 11.9. The number of methoxy groups -OCH3 is 4. The molecule has 36 heteroatoms. The monoisotopic (exact) mass is 1970 g/mol. The Kier molecular flexibility index (Phi) is 57.1. The largest absolute Gasteiger partial charge is 1.00 e. The first-order valence-corrected chi connectivity index (χ1v) is 46.9. The summed E-state index contributed by atoms with van der Waals surface area (Å²) in [7, 11) is 6.44. The smallest absolute Gasteiger partial charge is 0.870 e. The summed E-state index contributed by atoms with van der Waals surface area (Å²) in [5, 5.41) is 28.9. The third-order valence-electron chi connectivity index (χ3n) is 20.4. The molecule has 8 aromatic rings. The van der Waals surface area contributed by atoms with Crippen molar-refractivity contribution in [2.45, 2.75) is 306 Å². The molecule has 8 rings (SSSR count). The number of esters is 3. The standard InChI is InChI=1S/C27H40N4O4.C27H38N4O4.C22H30N4O5.C16H16ClN3O2.C11H23NO2.K.H2O/c2*1-7-8-12-20(17-24(33)35-27(3,4)5)29-25-21(16-19-11-9-10-13-23(19)34-6)22(15-14-18(2)32)30-26(28)31-25;1-3-4-8-15(13-20(29)30)24-21-16(12-14-7-5-6-9-18(14)31-2)17(10-11-19(27)28)25-22(23)26-21;1-10(21)7-8-13-12(15(17)20-16(18)19-13)9-11-5-3-4-6-14(11)22-2;1-5-6-7-9(12)8-10(13)14-11(2,3)4;;/h9-11,13,20H,7-8,12,14-17H2,1-6H3,(H3,28,29,30,31);9-11,13-15,20H,7-8,12,16-17H2,1-6H3,(H3,28,29,30,31);5-7,9,15H,3-4,8,10-13H2,1-2H3,(H,27,28)(H,29,30)(H3,23,24,25,26);3-8H,9H2,1-2H3,(H2,18,19,20);9H,5-8,12H2,1-4H3;;1H2/q;;;;;+1;/p-1/b;15-14+;;8-7+;;;/t2*20-;15-;;9-;;/m000.0../s1. The van der Waals surface area contributed by atoms with Crippen LogP contribution in [0.4, 0.5) is 41.2 Å². The molecule has 0 unspecified atom stereocenters. The Balaban J connectivity index is 0.000000602. The van der Waals surface area contributed by atoms with Crippen molar-refractivity contribution in [1.82, 2.24) is 39.9 Å².